The van der Waals surface area contributed by atoms with Gasteiger partial charge in [0.25, 0.3) is 5.91 Å². The van der Waals surface area contributed by atoms with Crippen LogP contribution in [0, 0.1) is 0 Å². The SMILES string of the molecule is CNC(=O)c1c(-c2cnn(C3CC3)c2)oc2cc(N(C)S(C)(=O)=O)c(-c3ccc4c(n3)-c3cc5c(n3CC4)CCC=C5F)cc12. The van der Waals surface area contributed by atoms with E-state index >= 15 is 0 Å². The van der Waals surface area contributed by atoms with E-state index in [1.807, 2.05) is 29.1 Å². The molecule has 1 amide bonds. The molecule has 2 aliphatic carbocycles. The number of aromatic nitrogens is 4. The van der Waals surface area contributed by atoms with Crippen molar-refractivity contribution in [3.05, 3.63) is 71.2 Å². The first-order valence-corrected chi connectivity index (χ1v) is 16.9. The van der Waals surface area contributed by atoms with E-state index < -0.39 is 10.0 Å². The third-order valence-electron chi connectivity index (χ3n) is 9.15. The number of halogens is 1. The topological polar surface area (TPSA) is 115 Å². The number of benzene rings is 1. The summed E-state index contributed by atoms with van der Waals surface area (Å²) in [7, 11) is -0.645. The molecule has 4 aromatic heterocycles. The summed E-state index contributed by atoms with van der Waals surface area (Å²) in [6.45, 7) is 0.741. The summed E-state index contributed by atoms with van der Waals surface area (Å²) >= 11 is 0. The Hall–Kier alpha value is -4.71. The number of hydrogen-bond acceptors (Lipinski definition) is 6. The number of carbonyl (C=O) groups is 1. The van der Waals surface area contributed by atoms with Gasteiger partial charge in [0, 0.05) is 55.1 Å². The van der Waals surface area contributed by atoms with Gasteiger partial charge in [-0.1, -0.05) is 6.07 Å². The average Bonchev–Trinajstić information content (AvgIpc) is 3.45. The number of allylic oxidation sites excluding steroid dienone is 1. The van der Waals surface area contributed by atoms with Gasteiger partial charge in [-0.2, -0.15) is 5.10 Å². The molecule has 0 radical (unpaired) electrons. The van der Waals surface area contributed by atoms with Crippen LogP contribution in [0.1, 0.15) is 52.5 Å². The summed E-state index contributed by atoms with van der Waals surface area (Å²) in [6.07, 6.45) is 10.6. The molecule has 0 atom stereocenters. The van der Waals surface area contributed by atoms with E-state index in [4.69, 9.17) is 9.40 Å². The number of carbonyl (C=O) groups excluding carboxylic acids is 1. The van der Waals surface area contributed by atoms with E-state index in [1.165, 1.54) is 11.4 Å². The highest BCUT2D eigenvalue weighted by molar-refractivity contribution is 7.92. The fraction of sp³-hybridized carbons (Fsp3) is 0.303. The predicted molar refractivity (Wildman–Crippen MR) is 170 cm³/mol. The highest BCUT2D eigenvalue weighted by Crippen LogP contribution is 2.44. The summed E-state index contributed by atoms with van der Waals surface area (Å²) in [4.78, 5) is 18.4. The van der Waals surface area contributed by atoms with Gasteiger partial charge in [-0.25, -0.2) is 17.8 Å². The molecule has 12 heteroatoms. The van der Waals surface area contributed by atoms with Gasteiger partial charge < -0.3 is 14.3 Å². The lowest BCUT2D eigenvalue weighted by Gasteiger charge is -2.23. The van der Waals surface area contributed by atoms with Crippen LogP contribution in [-0.2, 0) is 29.4 Å². The standard InChI is InChI=1S/C33H31FN6O4S/c1-35-33(41)30-23-13-22(25-10-7-18-11-12-39-26-6-4-5-24(34)21(26)14-28(39)31(18)37-25)27(38(2)45(3,42)43)15-29(23)44-32(30)19-16-36-40(17-19)20-8-9-20/h5,7,10,13-17,20H,4,6,8-9,11-12H2,1-3H3,(H,35,41). The van der Waals surface area contributed by atoms with Crippen LogP contribution >= 0.6 is 0 Å². The van der Waals surface area contributed by atoms with Gasteiger partial charge in [0.1, 0.15) is 11.4 Å². The van der Waals surface area contributed by atoms with E-state index in [-0.39, 0.29) is 11.7 Å². The molecule has 0 bridgehead atoms. The molecule has 1 aliphatic heterocycles. The van der Waals surface area contributed by atoms with Gasteiger partial charge >= 0.3 is 0 Å². The number of furan rings is 1. The molecular weight excluding hydrogens is 595 g/mol. The molecule has 1 N–H and O–H groups in total. The Morgan fingerprint density at radius 3 is 2.73 bits per heavy atom. The summed E-state index contributed by atoms with van der Waals surface area (Å²) in [5.41, 5.74) is 6.96. The lowest BCUT2D eigenvalue weighted by atomic mass is 9.99. The van der Waals surface area contributed by atoms with Gasteiger partial charge in [0.05, 0.1) is 52.4 Å². The van der Waals surface area contributed by atoms with Crippen molar-refractivity contribution in [3.8, 4) is 34.0 Å². The van der Waals surface area contributed by atoms with Crippen LogP contribution < -0.4 is 9.62 Å². The molecular formula is C33H31FN6O4S. The average molecular weight is 627 g/mol. The molecule has 5 aromatic rings. The van der Waals surface area contributed by atoms with Crippen molar-refractivity contribution in [1.29, 1.82) is 0 Å². The van der Waals surface area contributed by atoms with E-state index in [9.17, 15) is 17.6 Å². The number of hydrogen-bond donors (Lipinski definition) is 1. The van der Waals surface area contributed by atoms with Crippen molar-refractivity contribution in [1.82, 2.24) is 24.6 Å². The second-order valence-corrected chi connectivity index (χ2v) is 14.0. The van der Waals surface area contributed by atoms with Crippen LogP contribution in [0.2, 0.25) is 0 Å². The summed E-state index contributed by atoms with van der Waals surface area (Å²) in [5, 5.41) is 7.73. The van der Waals surface area contributed by atoms with Crippen molar-refractivity contribution < 1.29 is 22.0 Å². The van der Waals surface area contributed by atoms with Gasteiger partial charge in [-0.05, 0) is 61.9 Å². The van der Waals surface area contributed by atoms with Crippen LogP contribution in [0.3, 0.4) is 0 Å². The van der Waals surface area contributed by atoms with Crippen molar-refractivity contribution in [3.63, 3.8) is 0 Å². The zero-order chi connectivity index (χ0) is 31.2. The van der Waals surface area contributed by atoms with Gasteiger partial charge in [0.15, 0.2) is 5.76 Å². The lowest BCUT2D eigenvalue weighted by molar-refractivity contribution is 0.0964. The van der Waals surface area contributed by atoms with E-state index in [0.29, 0.717) is 62.8 Å². The monoisotopic (exact) mass is 626 g/mol. The first-order valence-electron chi connectivity index (χ1n) is 15.0. The minimum atomic E-state index is -3.69. The molecule has 230 valence electrons. The summed E-state index contributed by atoms with van der Waals surface area (Å²) < 4.78 is 52.1. The molecule has 45 heavy (non-hydrogen) atoms. The number of fused-ring (bicyclic) bond motifs is 6. The highest BCUT2D eigenvalue weighted by Gasteiger charge is 2.30. The van der Waals surface area contributed by atoms with Crippen molar-refractivity contribution in [2.45, 2.75) is 44.7 Å². The number of anilines is 1. The number of sulfonamides is 1. The van der Waals surface area contributed by atoms with Gasteiger partial charge in [-0.3, -0.25) is 13.8 Å². The maximum Gasteiger partial charge on any atom is 0.255 e. The third kappa shape index (κ3) is 4.41. The normalized spacial score (nSPS) is 15.8. The number of amides is 1. The predicted octanol–water partition coefficient (Wildman–Crippen LogP) is 5.73. The quantitative estimate of drug-likeness (QED) is 0.258. The van der Waals surface area contributed by atoms with Crippen molar-refractivity contribution in [2.75, 3.05) is 24.7 Å². The van der Waals surface area contributed by atoms with E-state index in [1.54, 1.807) is 31.5 Å². The Kier molecular flexibility index (Phi) is 6.12. The second-order valence-electron chi connectivity index (χ2n) is 12.0. The van der Waals surface area contributed by atoms with Crippen LogP contribution in [0.15, 0.2) is 53.2 Å². The smallest absolute Gasteiger partial charge is 0.255 e. The highest BCUT2D eigenvalue weighted by atomic mass is 32.2. The fourth-order valence-corrected chi connectivity index (χ4v) is 7.09. The second kappa shape index (κ2) is 9.90. The largest absolute Gasteiger partial charge is 0.455 e. The Morgan fingerprint density at radius 1 is 1.16 bits per heavy atom. The molecule has 0 saturated heterocycles. The minimum Gasteiger partial charge on any atom is -0.455 e. The molecule has 0 unspecified atom stereocenters. The molecule has 1 aromatic carbocycles. The summed E-state index contributed by atoms with van der Waals surface area (Å²) in [5.74, 6) is -0.188. The van der Waals surface area contributed by atoms with E-state index in [2.05, 4.69) is 15.0 Å². The molecule has 1 fully saturated rings. The number of aryl methyl sites for hydroxylation is 1. The van der Waals surface area contributed by atoms with E-state index in [0.717, 1.165) is 61.1 Å². The van der Waals surface area contributed by atoms with Crippen molar-refractivity contribution in [2.24, 2.45) is 0 Å². The maximum absolute atomic E-state index is 14.8. The first-order chi connectivity index (χ1) is 21.6. The Morgan fingerprint density at radius 2 is 1.98 bits per heavy atom. The maximum atomic E-state index is 14.8. The van der Waals surface area contributed by atoms with Crippen LogP contribution in [0.25, 0.3) is 50.8 Å². The van der Waals surface area contributed by atoms with Gasteiger partial charge in [-0.15, -0.1) is 0 Å². The molecule has 10 nitrogen and oxygen atoms in total. The third-order valence-corrected chi connectivity index (χ3v) is 10.3. The minimum absolute atomic E-state index is 0.210. The Bertz CT molecular complexity index is 2200. The Balaban J connectivity index is 1.35. The zero-order valence-electron chi connectivity index (χ0n) is 25.1. The molecule has 8 rings (SSSR count). The lowest BCUT2D eigenvalue weighted by Crippen LogP contribution is -2.25. The molecule has 5 heterocycles. The molecule has 1 saturated carbocycles. The zero-order valence-corrected chi connectivity index (χ0v) is 25.9. The number of rotatable bonds is 6. The van der Waals surface area contributed by atoms with Crippen LogP contribution in [-0.4, -0.2) is 54.0 Å². The molecule has 0 spiro atoms. The van der Waals surface area contributed by atoms with Gasteiger partial charge in [0.2, 0.25) is 10.0 Å². The number of nitrogens with zero attached hydrogens (tertiary/aromatic N) is 5. The van der Waals surface area contributed by atoms with Crippen LogP contribution in [0.4, 0.5) is 10.1 Å². The van der Waals surface area contributed by atoms with Crippen LogP contribution in [0.5, 0.6) is 0 Å². The molecule has 3 aliphatic rings. The first kappa shape index (κ1) is 27.8. The Labute approximate surface area is 259 Å². The number of nitrogens with one attached hydrogen (secondary N) is 1. The van der Waals surface area contributed by atoms with Crippen molar-refractivity contribution >= 4 is 38.4 Å². The summed E-state index contributed by atoms with van der Waals surface area (Å²) in [6, 6.07) is 9.52. The fourth-order valence-electron chi connectivity index (χ4n) is 6.58. The number of pyridine rings is 1.